The lowest BCUT2D eigenvalue weighted by Gasteiger charge is -2.56. The van der Waals surface area contributed by atoms with E-state index in [9.17, 15) is 0 Å². The van der Waals surface area contributed by atoms with Gasteiger partial charge in [-0.05, 0) is 42.4 Å². The predicted molar refractivity (Wildman–Crippen MR) is 57.5 cm³/mol. The lowest BCUT2D eigenvalue weighted by molar-refractivity contribution is -0.00919. The number of allylic oxidation sites excluding steroid dienone is 2. The summed E-state index contributed by atoms with van der Waals surface area (Å²) in [5.74, 6) is 2.75. The van der Waals surface area contributed by atoms with Gasteiger partial charge in [-0.3, -0.25) is 0 Å². The van der Waals surface area contributed by atoms with E-state index in [1.165, 1.54) is 19.3 Å². The Bertz CT molecular complexity index is 232. The van der Waals surface area contributed by atoms with Crippen molar-refractivity contribution in [2.24, 2.45) is 23.2 Å². The predicted octanol–water partition coefficient (Wildman–Crippen LogP) is 4.02. The summed E-state index contributed by atoms with van der Waals surface area (Å²) in [6.07, 6.45) is 6.70. The van der Waals surface area contributed by atoms with Crippen LogP contribution in [-0.4, -0.2) is 0 Å². The van der Waals surface area contributed by atoms with Gasteiger partial charge in [0.25, 0.3) is 0 Å². The maximum atomic E-state index is 2.53. The Morgan fingerprint density at radius 2 is 2.15 bits per heavy atom. The second-order valence-corrected chi connectivity index (χ2v) is 5.92. The third-order valence-corrected chi connectivity index (χ3v) is 4.23. The first-order chi connectivity index (χ1) is 6.01. The van der Waals surface area contributed by atoms with Crippen molar-refractivity contribution in [3.05, 3.63) is 11.6 Å². The molecule has 3 aliphatic rings. The fourth-order valence-corrected chi connectivity index (χ4v) is 3.18. The van der Waals surface area contributed by atoms with E-state index < -0.39 is 0 Å². The van der Waals surface area contributed by atoms with Gasteiger partial charge in [0.05, 0.1) is 0 Å². The summed E-state index contributed by atoms with van der Waals surface area (Å²) in [4.78, 5) is 0. The fraction of sp³-hybridized carbons (Fsp3) is 0.846. The molecule has 0 aromatic heterocycles. The van der Waals surface area contributed by atoms with Crippen molar-refractivity contribution in [1.82, 2.24) is 0 Å². The normalized spacial score (nSPS) is 35.6. The summed E-state index contributed by atoms with van der Waals surface area (Å²) in [6.45, 7) is 9.58. The molecule has 0 aliphatic heterocycles. The van der Waals surface area contributed by atoms with E-state index in [1.807, 2.05) is 0 Å². The lowest BCUT2D eigenvalue weighted by atomic mass is 9.48. The number of hydrogen-bond donors (Lipinski definition) is 0. The molecule has 0 nitrogen and oxygen atoms in total. The Labute approximate surface area is 82.4 Å². The van der Waals surface area contributed by atoms with E-state index in [2.05, 4.69) is 33.8 Å². The number of fused-ring (bicyclic) bond motifs is 1. The van der Waals surface area contributed by atoms with E-state index in [1.54, 1.807) is 5.57 Å². The van der Waals surface area contributed by atoms with Crippen LogP contribution in [-0.2, 0) is 0 Å². The second kappa shape index (κ2) is 2.87. The molecule has 0 radical (unpaired) electrons. The van der Waals surface area contributed by atoms with Gasteiger partial charge in [0.1, 0.15) is 0 Å². The molecule has 0 unspecified atom stereocenters. The van der Waals surface area contributed by atoms with Gasteiger partial charge in [0.2, 0.25) is 0 Å². The van der Waals surface area contributed by atoms with Crippen LogP contribution < -0.4 is 0 Å². The quantitative estimate of drug-likeness (QED) is 0.560. The lowest BCUT2D eigenvalue weighted by Crippen LogP contribution is -2.48. The van der Waals surface area contributed by atoms with Crippen molar-refractivity contribution in [1.29, 1.82) is 0 Å². The van der Waals surface area contributed by atoms with E-state index in [0.717, 1.165) is 17.8 Å². The maximum absolute atomic E-state index is 2.53. The summed E-state index contributed by atoms with van der Waals surface area (Å²) in [5.41, 5.74) is 2.39. The van der Waals surface area contributed by atoms with Gasteiger partial charge in [-0.2, -0.15) is 0 Å². The zero-order valence-corrected chi connectivity index (χ0v) is 9.43. The standard InChI is InChI=1S/C13H22/c1-9(2)7-10-5-6-11-8-12(10)13(11,3)4/h5,9,11-12H,6-8H2,1-4H3/t11-,12-/m0/s1. The molecule has 0 N–H and O–H groups in total. The molecule has 0 aromatic rings. The highest BCUT2D eigenvalue weighted by atomic mass is 14.5. The summed E-state index contributed by atoms with van der Waals surface area (Å²) < 4.78 is 0. The fourth-order valence-electron chi connectivity index (χ4n) is 3.18. The smallest absolute Gasteiger partial charge is 0.0146 e. The van der Waals surface area contributed by atoms with Crippen molar-refractivity contribution in [2.75, 3.05) is 0 Å². The molecule has 0 amide bonds. The minimum Gasteiger partial charge on any atom is -0.0847 e. The van der Waals surface area contributed by atoms with Gasteiger partial charge in [0.15, 0.2) is 0 Å². The van der Waals surface area contributed by atoms with Crippen LogP contribution >= 0.6 is 0 Å². The minimum atomic E-state index is 0.624. The van der Waals surface area contributed by atoms with Gasteiger partial charge in [-0.1, -0.05) is 39.3 Å². The van der Waals surface area contributed by atoms with Crippen LogP contribution in [0.1, 0.15) is 47.0 Å². The summed E-state index contributed by atoms with van der Waals surface area (Å²) in [5, 5.41) is 0. The molecule has 1 fully saturated rings. The van der Waals surface area contributed by atoms with Crippen molar-refractivity contribution in [3.63, 3.8) is 0 Å². The minimum absolute atomic E-state index is 0.624. The highest BCUT2D eigenvalue weighted by molar-refractivity contribution is 5.23. The van der Waals surface area contributed by atoms with Gasteiger partial charge < -0.3 is 0 Å². The van der Waals surface area contributed by atoms with Crippen molar-refractivity contribution in [3.8, 4) is 0 Å². The Morgan fingerprint density at radius 1 is 1.46 bits per heavy atom. The molecule has 0 saturated heterocycles. The molecule has 2 atom stereocenters. The molecule has 3 rings (SSSR count). The van der Waals surface area contributed by atoms with Crippen molar-refractivity contribution >= 4 is 0 Å². The Morgan fingerprint density at radius 3 is 2.62 bits per heavy atom. The average Bonchev–Trinajstić information content (AvgIpc) is 2.03. The molecule has 3 aliphatic carbocycles. The highest BCUT2D eigenvalue weighted by Gasteiger charge is 2.50. The third-order valence-electron chi connectivity index (χ3n) is 4.23. The topological polar surface area (TPSA) is 0 Å². The van der Waals surface area contributed by atoms with E-state index >= 15 is 0 Å². The summed E-state index contributed by atoms with van der Waals surface area (Å²) >= 11 is 0. The second-order valence-electron chi connectivity index (χ2n) is 5.92. The van der Waals surface area contributed by atoms with Gasteiger partial charge in [0, 0.05) is 0 Å². The van der Waals surface area contributed by atoms with Crippen LogP contribution in [0.3, 0.4) is 0 Å². The van der Waals surface area contributed by atoms with Crippen LogP contribution in [0.4, 0.5) is 0 Å². The molecule has 74 valence electrons. The van der Waals surface area contributed by atoms with E-state index in [-0.39, 0.29) is 0 Å². The van der Waals surface area contributed by atoms with Crippen LogP contribution in [0, 0.1) is 23.2 Å². The summed E-state index contributed by atoms with van der Waals surface area (Å²) in [6, 6.07) is 0. The van der Waals surface area contributed by atoms with Crippen LogP contribution in [0.25, 0.3) is 0 Å². The first kappa shape index (κ1) is 9.30. The van der Waals surface area contributed by atoms with Gasteiger partial charge in [-0.15, -0.1) is 0 Å². The van der Waals surface area contributed by atoms with E-state index in [4.69, 9.17) is 0 Å². The molecule has 1 saturated carbocycles. The molecule has 0 spiro atoms. The van der Waals surface area contributed by atoms with Crippen LogP contribution in [0.15, 0.2) is 11.6 Å². The van der Waals surface area contributed by atoms with Crippen molar-refractivity contribution in [2.45, 2.75) is 47.0 Å². The molecular weight excluding hydrogens is 156 g/mol. The number of rotatable bonds is 2. The van der Waals surface area contributed by atoms with Gasteiger partial charge in [-0.25, -0.2) is 0 Å². The van der Waals surface area contributed by atoms with Crippen LogP contribution in [0.5, 0.6) is 0 Å². The first-order valence-electron chi connectivity index (χ1n) is 5.70. The van der Waals surface area contributed by atoms with Crippen molar-refractivity contribution < 1.29 is 0 Å². The molecule has 13 heavy (non-hydrogen) atoms. The molecule has 2 bridgehead atoms. The SMILES string of the molecule is CC(C)CC1=CC[C@H]2C[C@@H]1C2(C)C. The average molecular weight is 178 g/mol. The zero-order chi connectivity index (χ0) is 9.64. The molecule has 0 aromatic carbocycles. The maximum Gasteiger partial charge on any atom is -0.0146 e. The molecular formula is C13H22. The Hall–Kier alpha value is -0.260. The Balaban J connectivity index is 2.10. The van der Waals surface area contributed by atoms with Crippen LogP contribution in [0.2, 0.25) is 0 Å². The summed E-state index contributed by atoms with van der Waals surface area (Å²) in [7, 11) is 0. The van der Waals surface area contributed by atoms with Gasteiger partial charge >= 0.3 is 0 Å². The molecule has 0 heterocycles. The van der Waals surface area contributed by atoms with E-state index in [0.29, 0.717) is 5.41 Å². The number of hydrogen-bond acceptors (Lipinski definition) is 0. The first-order valence-corrected chi connectivity index (χ1v) is 5.70. The molecule has 0 heteroatoms. The third kappa shape index (κ3) is 1.35. The zero-order valence-electron chi connectivity index (χ0n) is 9.43. The largest absolute Gasteiger partial charge is 0.0847 e. The monoisotopic (exact) mass is 178 g/mol. The Kier molecular flexibility index (Phi) is 2.05. The highest BCUT2D eigenvalue weighted by Crippen LogP contribution is 2.60.